The minimum absolute atomic E-state index is 0.00726. The van der Waals surface area contributed by atoms with Crippen molar-refractivity contribution in [1.82, 2.24) is 14.9 Å². The van der Waals surface area contributed by atoms with Crippen molar-refractivity contribution in [3.05, 3.63) is 18.7 Å². The Bertz CT molecular complexity index is 388. The molecule has 21 heavy (non-hydrogen) atoms. The zero-order chi connectivity index (χ0) is 15.7. The van der Waals surface area contributed by atoms with Crippen LogP contribution in [0.3, 0.4) is 0 Å². The van der Waals surface area contributed by atoms with Gasteiger partial charge >= 0.3 is 0 Å². The third kappa shape index (κ3) is 5.87. The van der Waals surface area contributed by atoms with Crippen LogP contribution >= 0.6 is 0 Å². The standard InChI is InChI=1S/C16H29N3O2/c1-4-7-14(19-9-8-17-12-19)10-16(21)18-11-15(20)13(5-2)6-3/h8-9,12-15,20H,4-7,10-11H2,1-3H3,(H,18,21). The largest absolute Gasteiger partial charge is 0.391 e. The lowest BCUT2D eigenvalue weighted by Gasteiger charge is -2.21. The van der Waals surface area contributed by atoms with Crippen LogP contribution in [-0.2, 0) is 4.79 Å². The summed E-state index contributed by atoms with van der Waals surface area (Å²) in [6.45, 7) is 6.58. The van der Waals surface area contributed by atoms with Gasteiger partial charge in [0.2, 0.25) is 5.91 Å². The van der Waals surface area contributed by atoms with Crippen LogP contribution < -0.4 is 5.32 Å². The number of aliphatic hydroxyl groups is 1. The van der Waals surface area contributed by atoms with Crippen molar-refractivity contribution in [1.29, 1.82) is 0 Å². The molecule has 0 saturated heterocycles. The molecule has 0 aliphatic rings. The summed E-state index contributed by atoms with van der Waals surface area (Å²) in [6.07, 6.45) is 9.19. The van der Waals surface area contributed by atoms with Gasteiger partial charge in [0, 0.05) is 31.4 Å². The summed E-state index contributed by atoms with van der Waals surface area (Å²) in [5.41, 5.74) is 0. The summed E-state index contributed by atoms with van der Waals surface area (Å²) < 4.78 is 1.99. The monoisotopic (exact) mass is 295 g/mol. The first kappa shape index (κ1) is 17.7. The lowest BCUT2D eigenvalue weighted by Crippen LogP contribution is -2.36. The fourth-order valence-electron chi connectivity index (χ4n) is 2.68. The van der Waals surface area contributed by atoms with Gasteiger partial charge in [-0.15, -0.1) is 0 Å². The molecule has 5 nitrogen and oxygen atoms in total. The number of amides is 1. The highest BCUT2D eigenvalue weighted by Crippen LogP contribution is 2.18. The van der Waals surface area contributed by atoms with E-state index in [1.54, 1.807) is 12.5 Å². The Morgan fingerprint density at radius 3 is 2.57 bits per heavy atom. The minimum atomic E-state index is -0.457. The first-order valence-electron chi connectivity index (χ1n) is 8.04. The van der Waals surface area contributed by atoms with Crippen molar-refractivity contribution in [2.24, 2.45) is 5.92 Å². The number of hydrogen-bond donors (Lipinski definition) is 2. The van der Waals surface area contributed by atoms with E-state index < -0.39 is 6.10 Å². The van der Waals surface area contributed by atoms with E-state index >= 15 is 0 Å². The molecule has 1 aromatic heterocycles. The van der Waals surface area contributed by atoms with Gasteiger partial charge in [-0.05, 0) is 12.3 Å². The van der Waals surface area contributed by atoms with Gasteiger partial charge in [0.15, 0.2) is 0 Å². The molecule has 1 heterocycles. The van der Waals surface area contributed by atoms with Gasteiger partial charge in [0.1, 0.15) is 0 Å². The molecule has 0 aliphatic heterocycles. The van der Waals surface area contributed by atoms with E-state index in [1.807, 2.05) is 10.8 Å². The van der Waals surface area contributed by atoms with Crippen molar-refractivity contribution in [3.63, 3.8) is 0 Å². The van der Waals surface area contributed by atoms with Crippen LogP contribution in [0.25, 0.3) is 0 Å². The number of nitrogens with one attached hydrogen (secondary N) is 1. The van der Waals surface area contributed by atoms with Crippen LogP contribution in [-0.4, -0.2) is 33.2 Å². The second-order valence-corrected chi connectivity index (χ2v) is 5.60. The molecular formula is C16H29N3O2. The maximum atomic E-state index is 12.1. The number of aliphatic hydroxyl groups excluding tert-OH is 1. The second-order valence-electron chi connectivity index (χ2n) is 5.60. The summed E-state index contributed by atoms with van der Waals surface area (Å²) in [5.74, 6) is 0.248. The molecule has 0 aromatic carbocycles. The zero-order valence-electron chi connectivity index (χ0n) is 13.5. The number of imidazole rings is 1. The summed E-state index contributed by atoms with van der Waals surface area (Å²) in [5, 5.41) is 12.9. The van der Waals surface area contributed by atoms with E-state index in [1.165, 1.54) is 0 Å². The summed E-state index contributed by atoms with van der Waals surface area (Å²) in [4.78, 5) is 16.1. The van der Waals surface area contributed by atoms with Gasteiger partial charge in [-0.2, -0.15) is 0 Å². The zero-order valence-corrected chi connectivity index (χ0v) is 13.5. The molecule has 120 valence electrons. The van der Waals surface area contributed by atoms with E-state index in [2.05, 4.69) is 31.1 Å². The quantitative estimate of drug-likeness (QED) is 0.697. The molecule has 0 saturated carbocycles. The summed E-state index contributed by atoms with van der Waals surface area (Å²) >= 11 is 0. The Kier molecular flexibility index (Phi) is 8.05. The Balaban J connectivity index is 2.44. The van der Waals surface area contributed by atoms with Gasteiger partial charge in [0.25, 0.3) is 0 Å². The molecule has 0 aliphatic carbocycles. The van der Waals surface area contributed by atoms with Crippen molar-refractivity contribution < 1.29 is 9.90 Å². The van der Waals surface area contributed by atoms with Gasteiger partial charge in [-0.3, -0.25) is 4.79 Å². The molecular weight excluding hydrogens is 266 g/mol. The van der Waals surface area contributed by atoms with Crippen molar-refractivity contribution in [2.45, 2.75) is 65.0 Å². The summed E-state index contributed by atoms with van der Waals surface area (Å²) in [6, 6.07) is 0.141. The lowest BCUT2D eigenvalue weighted by molar-refractivity contribution is -0.122. The van der Waals surface area contributed by atoms with Crippen LogP contribution in [0.1, 0.15) is 58.9 Å². The van der Waals surface area contributed by atoms with Gasteiger partial charge in [-0.25, -0.2) is 4.98 Å². The summed E-state index contributed by atoms with van der Waals surface area (Å²) in [7, 11) is 0. The molecule has 1 aromatic rings. The molecule has 0 bridgehead atoms. The Hall–Kier alpha value is -1.36. The molecule has 2 unspecified atom stereocenters. The smallest absolute Gasteiger partial charge is 0.222 e. The maximum absolute atomic E-state index is 12.1. The van der Waals surface area contributed by atoms with Gasteiger partial charge in [0.05, 0.1) is 12.4 Å². The molecule has 2 N–H and O–H groups in total. The number of carbonyl (C=O) groups is 1. The van der Waals surface area contributed by atoms with Gasteiger partial charge in [-0.1, -0.05) is 40.0 Å². The highest BCUT2D eigenvalue weighted by molar-refractivity contribution is 5.76. The lowest BCUT2D eigenvalue weighted by atomic mass is 9.96. The van der Waals surface area contributed by atoms with E-state index in [-0.39, 0.29) is 17.9 Å². The Morgan fingerprint density at radius 1 is 1.33 bits per heavy atom. The molecule has 0 fully saturated rings. The molecule has 1 amide bonds. The predicted octanol–water partition coefficient (Wildman–Crippen LogP) is 2.53. The van der Waals surface area contributed by atoms with E-state index in [0.717, 1.165) is 25.7 Å². The fraction of sp³-hybridized carbons (Fsp3) is 0.750. The van der Waals surface area contributed by atoms with E-state index in [9.17, 15) is 9.90 Å². The number of aromatic nitrogens is 2. The highest BCUT2D eigenvalue weighted by Gasteiger charge is 2.18. The number of hydrogen-bond acceptors (Lipinski definition) is 3. The number of carbonyl (C=O) groups excluding carboxylic acids is 1. The van der Waals surface area contributed by atoms with E-state index in [0.29, 0.717) is 13.0 Å². The third-order valence-corrected chi connectivity index (χ3v) is 4.09. The minimum Gasteiger partial charge on any atom is -0.391 e. The van der Waals surface area contributed by atoms with Crippen LogP contribution in [0.15, 0.2) is 18.7 Å². The molecule has 1 rings (SSSR count). The molecule has 0 spiro atoms. The normalized spacial score (nSPS) is 14.1. The Morgan fingerprint density at radius 2 is 2.05 bits per heavy atom. The Labute approximate surface area is 127 Å². The van der Waals surface area contributed by atoms with Crippen molar-refractivity contribution in [2.75, 3.05) is 6.54 Å². The number of rotatable bonds is 10. The second kappa shape index (κ2) is 9.55. The molecule has 5 heteroatoms. The van der Waals surface area contributed by atoms with Crippen molar-refractivity contribution >= 4 is 5.91 Å². The van der Waals surface area contributed by atoms with Crippen LogP contribution in [0.2, 0.25) is 0 Å². The van der Waals surface area contributed by atoms with Crippen LogP contribution in [0.5, 0.6) is 0 Å². The first-order chi connectivity index (χ1) is 10.1. The average molecular weight is 295 g/mol. The van der Waals surface area contributed by atoms with Crippen LogP contribution in [0.4, 0.5) is 0 Å². The van der Waals surface area contributed by atoms with Crippen molar-refractivity contribution in [3.8, 4) is 0 Å². The first-order valence-corrected chi connectivity index (χ1v) is 8.04. The maximum Gasteiger partial charge on any atom is 0.222 e. The van der Waals surface area contributed by atoms with Gasteiger partial charge < -0.3 is 15.0 Å². The average Bonchev–Trinajstić information content (AvgIpc) is 3.00. The molecule has 2 atom stereocenters. The predicted molar refractivity (Wildman–Crippen MR) is 83.9 cm³/mol. The number of nitrogens with zero attached hydrogens (tertiary/aromatic N) is 2. The van der Waals surface area contributed by atoms with E-state index in [4.69, 9.17) is 0 Å². The highest BCUT2D eigenvalue weighted by atomic mass is 16.3. The molecule has 0 radical (unpaired) electrons. The topological polar surface area (TPSA) is 67.2 Å². The SMILES string of the molecule is CCCC(CC(=O)NCC(O)C(CC)CC)n1ccnc1. The third-order valence-electron chi connectivity index (χ3n) is 4.09. The van der Waals surface area contributed by atoms with Crippen LogP contribution in [0, 0.1) is 5.92 Å². The fourth-order valence-corrected chi connectivity index (χ4v) is 2.68.